The lowest BCUT2D eigenvalue weighted by atomic mass is 9.71. The van der Waals surface area contributed by atoms with Crippen LogP contribution in [0.4, 0.5) is 0 Å². The zero-order chi connectivity index (χ0) is 34.5. The molecule has 1 N–H and O–H groups in total. The molecule has 1 atom stereocenters. The van der Waals surface area contributed by atoms with Crippen molar-refractivity contribution in [3.8, 4) is 11.5 Å². The van der Waals surface area contributed by atoms with Gasteiger partial charge >= 0.3 is 11.9 Å². The van der Waals surface area contributed by atoms with E-state index in [4.69, 9.17) is 9.47 Å². The van der Waals surface area contributed by atoms with E-state index in [-0.39, 0.29) is 40.6 Å². The highest BCUT2D eigenvalue weighted by Crippen LogP contribution is 2.48. The number of hydrogen-bond acceptors (Lipinski definition) is 5. The van der Waals surface area contributed by atoms with Crippen molar-refractivity contribution >= 4 is 11.9 Å². The van der Waals surface area contributed by atoms with Gasteiger partial charge in [0.2, 0.25) is 0 Å². The summed E-state index contributed by atoms with van der Waals surface area (Å²) in [6.07, 6.45) is 4.58. The Bertz CT molecular complexity index is 1380. The Kier molecular flexibility index (Phi) is 12.3. The van der Waals surface area contributed by atoms with Gasteiger partial charge in [-0.3, -0.25) is 4.79 Å². The minimum Gasteiger partial charge on any atom is -0.507 e. The number of esters is 2. The van der Waals surface area contributed by atoms with E-state index in [1.54, 1.807) is 0 Å². The molecule has 0 saturated carbocycles. The Morgan fingerprint density at radius 1 is 0.756 bits per heavy atom. The van der Waals surface area contributed by atoms with Crippen molar-refractivity contribution in [1.29, 1.82) is 0 Å². The molecule has 0 bridgehead atoms. The Labute approximate surface area is 273 Å². The summed E-state index contributed by atoms with van der Waals surface area (Å²) < 4.78 is 11.3. The highest BCUT2D eigenvalue weighted by atomic mass is 16.5. The largest absolute Gasteiger partial charge is 0.507 e. The fraction of sp³-hybridized carbons (Fsp3) is 0.600. The van der Waals surface area contributed by atoms with E-state index in [1.165, 1.54) is 11.1 Å². The standard InChI is InChI=1S/C40H60O5/c1-15-33(41)44-21-20-34(42)45-36-30(23-28(38(9,10)17-3)25-32(36)40(13,14)19-5)26(6)29-22-27(37(7,8)16-2)24-31(35(29)43)39(11,12)18-4/h15,22-26,43H,1,16-21H2,2-14H3. The molecule has 0 heterocycles. The van der Waals surface area contributed by atoms with E-state index in [1.807, 2.05) is 0 Å². The average molecular weight is 621 g/mol. The third kappa shape index (κ3) is 8.60. The van der Waals surface area contributed by atoms with E-state index < -0.39 is 11.9 Å². The van der Waals surface area contributed by atoms with Crippen LogP contribution in [0.3, 0.4) is 0 Å². The molecule has 0 radical (unpaired) electrons. The normalized spacial score (nSPS) is 13.4. The number of benzene rings is 2. The van der Waals surface area contributed by atoms with Crippen LogP contribution in [-0.2, 0) is 36.0 Å². The molecule has 0 aliphatic rings. The van der Waals surface area contributed by atoms with E-state index >= 15 is 0 Å². The van der Waals surface area contributed by atoms with Gasteiger partial charge in [0.15, 0.2) is 0 Å². The summed E-state index contributed by atoms with van der Waals surface area (Å²) in [5.74, 6) is -0.513. The van der Waals surface area contributed by atoms with Gasteiger partial charge in [-0.05, 0) is 58.5 Å². The summed E-state index contributed by atoms with van der Waals surface area (Å²) in [5, 5.41) is 12.0. The van der Waals surface area contributed by atoms with Crippen molar-refractivity contribution in [2.24, 2.45) is 0 Å². The van der Waals surface area contributed by atoms with E-state index in [2.05, 4.69) is 121 Å². The minimum atomic E-state index is -0.577. The second-order valence-corrected chi connectivity index (χ2v) is 15.2. The number of hydrogen-bond donors (Lipinski definition) is 1. The predicted molar refractivity (Wildman–Crippen MR) is 187 cm³/mol. The lowest BCUT2D eigenvalue weighted by Gasteiger charge is -2.34. The summed E-state index contributed by atoms with van der Waals surface area (Å²) >= 11 is 0. The maximum atomic E-state index is 13.3. The molecule has 0 aliphatic heterocycles. The van der Waals surface area contributed by atoms with Gasteiger partial charge in [-0.15, -0.1) is 0 Å². The van der Waals surface area contributed by atoms with E-state index in [9.17, 15) is 14.7 Å². The second-order valence-electron chi connectivity index (χ2n) is 15.2. The molecule has 45 heavy (non-hydrogen) atoms. The number of phenols is 1. The summed E-state index contributed by atoms with van der Waals surface area (Å²) in [5.41, 5.74) is 5.18. The number of rotatable bonds is 15. The molecule has 2 rings (SSSR count). The van der Waals surface area contributed by atoms with Crippen molar-refractivity contribution < 1.29 is 24.2 Å². The maximum Gasteiger partial charge on any atom is 0.330 e. The zero-order valence-corrected chi connectivity index (χ0v) is 30.5. The first-order valence-electron chi connectivity index (χ1n) is 16.8. The molecule has 0 spiro atoms. The van der Waals surface area contributed by atoms with Crippen molar-refractivity contribution in [3.63, 3.8) is 0 Å². The van der Waals surface area contributed by atoms with E-state index in [0.29, 0.717) is 11.5 Å². The van der Waals surface area contributed by atoms with Gasteiger partial charge in [-0.2, -0.15) is 0 Å². The summed E-state index contributed by atoms with van der Waals surface area (Å²) in [6, 6.07) is 8.71. The molecule has 5 heteroatoms. The van der Waals surface area contributed by atoms with Gasteiger partial charge in [0.25, 0.3) is 0 Å². The van der Waals surface area contributed by atoms with Crippen molar-refractivity contribution in [1.82, 2.24) is 0 Å². The smallest absolute Gasteiger partial charge is 0.330 e. The minimum absolute atomic E-state index is 0.0815. The Morgan fingerprint density at radius 3 is 1.67 bits per heavy atom. The number of ether oxygens (including phenoxy) is 2. The molecule has 0 saturated heterocycles. The van der Waals surface area contributed by atoms with Crippen LogP contribution in [0.2, 0.25) is 0 Å². The van der Waals surface area contributed by atoms with Gasteiger partial charge < -0.3 is 14.6 Å². The predicted octanol–water partition coefficient (Wildman–Crippen LogP) is 10.3. The quantitative estimate of drug-likeness (QED) is 0.122. The Morgan fingerprint density at radius 2 is 1.20 bits per heavy atom. The summed E-state index contributed by atoms with van der Waals surface area (Å²) in [4.78, 5) is 24.9. The molecule has 0 aromatic heterocycles. The Balaban J connectivity index is 2.99. The number of carbonyl (C=O) groups is 2. The second kappa shape index (κ2) is 14.6. The fourth-order valence-corrected chi connectivity index (χ4v) is 5.29. The van der Waals surface area contributed by atoms with Gasteiger partial charge in [0.05, 0.1) is 6.42 Å². The first-order chi connectivity index (χ1) is 20.7. The van der Waals surface area contributed by atoms with Crippen LogP contribution >= 0.6 is 0 Å². The van der Waals surface area contributed by atoms with Gasteiger partial charge in [0, 0.05) is 34.2 Å². The molecular formula is C40H60O5. The van der Waals surface area contributed by atoms with Gasteiger partial charge in [-0.25, -0.2) is 4.79 Å². The number of phenolic OH excluding ortho intramolecular Hbond substituents is 1. The van der Waals surface area contributed by atoms with Gasteiger partial charge in [0.1, 0.15) is 18.1 Å². The van der Waals surface area contributed by atoms with Crippen LogP contribution < -0.4 is 4.74 Å². The topological polar surface area (TPSA) is 72.8 Å². The fourth-order valence-electron chi connectivity index (χ4n) is 5.29. The average Bonchev–Trinajstić information content (AvgIpc) is 3.00. The van der Waals surface area contributed by atoms with E-state index in [0.717, 1.165) is 54.0 Å². The SMILES string of the molecule is C=CC(=O)OCCC(=O)Oc1c(C(C)c2cc(C(C)(C)CC)cc(C(C)(C)CC)c2O)cc(C(C)(C)CC)cc1C(C)(C)CC. The van der Waals surface area contributed by atoms with Crippen molar-refractivity contribution in [3.05, 3.63) is 70.3 Å². The number of aromatic hydroxyl groups is 1. The Hall–Kier alpha value is -3.08. The molecule has 1 unspecified atom stereocenters. The molecule has 0 fully saturated rings. The lowest BCUT2D eigenvalue weighted by Crippen LogP contribution is -2.25. The summed E-state index contributed by atoms with van der Waals surface area (Å²) in [7, 11) is 0. The van der Waals surface area contributed by atoms with Crippen LogP contribution in [0.15, 0.2) is 36.9 Å². The monoisotopic (exact) mass is 620 g/mol. The van der Waals surface area contributed by atoms with Crippen LogP contribution in [0.5, 0.6) is 11.5 Å². The van der Waals surface area contributed by atoms with Crippen molar-refractivity contribution in [2.75, 3.05) is 6.61 Å². The molecule has 0 aliphatic carbocycles. The highest BCUT2D eigenvalue weighted by Gasteiger charge is 2.34. The number of carbonyl (C=O) groups excluding carboxylic acids is 2. The molecule has 2 aromatic carbocycles. The molecule has 5 nitrogen and oxygen atoms in total. The van der Waals surface area contributed by atoms with Crippen LogP contribution in [0.1, 0.15) is 161 Å². The molecular weight excluding hydrogens is 560 g/mol. The highest BCUT2D eigenvalue weighted by molar-refractivity contribution is 5.81. The zero-order valence-electron chi connectivity index (χ0n) is 30.5. The van der Waals surface area contributed by atoms with Crippen LogP contribution in [-0.4, -0.2) is 23.7 Å². The first kappa shape index (κ1) is 38.1. The van der Waals surface area contributed by atoms with Crippen LogP contribution in [0, 0.1) is 0 Å². The van der Waals surface area contributed by atoms with Gasteiger partial charge in [-0.1, -0.05) is 121 Å². The maximum absolute atomic E-state index is 13.3. The van der Waals surface area contributed by atoms with Crippen LogP contribution in [0.25, 0.3) is 0 Å². The molecule has 0 amide bonds. The molecule has 2 aromatic rings. The third-order valence-corrected chi connectivity index (χ3v) is 10.7. The third-order valence-electron chi connectivity index (χ3n) is 10.7. The lowest BCUT2D eigenvalue weighted by molar-refractivity contribution is -0.141. The summed E-state index contributed by atoms with van der Waals surface area (Å²) in [6.45, 7) is 31.8. The first-order valence-corrected chi connectivity index (χ1v) is 16.8. The van der Waals surface area contributed by atoms with Crippen molar-refractivity contribution in [2.45, 2.75) is 150 Å². The molecule has 250 valence electrons.